The molecule has 21 heavy (non-hydrogen) atoms. The van der Waals surface area contributed by atoms with Gasteiger partial charge in [0.2, 0.25) is 0 Å². The molecular weight excluding hydrogens is 276 g/mol. The van der Waals surface area contributed by atoms with Gasteiger partial charge in [0.05, 0.1) is 5.52 Å². The Labute approximate surface area is 129 Å². The second-order valence-electron chi connectivity index (χ2n) is 5.34. The van der Waals surface area contributed by atoms with Gasteiger partial charge >= 0.3 is 0 Å². The SMILES string of the molecule is CCC(NCc1ccc2nc(C)ccc2c1)c1cccs1. The summed E-state index contributed by atoms with van der Waals surface area (Å²) in [5.41, 5.74) is 3.45. The van der Waals surface area contributed by atoms with Crippen molar-refractivity contribution in [2.45, 2.75) is 32.9 Å². The summed E-state index contributed by atoms with van der Waals surface area (Å²) < 4.78 is 0. The molecule has 0 aliphatic heterocycles. The van der Waals surface area contributed by atoms with Crippen molar-refractivity contribution in [3.05, 3.63) is 64.0 Å². The molecular formula is C18H20N2S. The average Bonchev–Trinajstić information content (AvgIpc) is 3.02. The van der Waals surface area contributed by atoms with Crippen molar-refractivity contribution in [3.8, 4) is 0 Å². The number of fused-ring (bicyclic) bond motifs is 1. The molecule has 1 aromatic carbocycles. The molecule has 2 aromatic heterocycles. The lowest BCUT2D eigenvalue weighted by atomic mass is 10.1. The standard InChI is InChI=1S/C18H20N2S/c1-3-16(18-5-4-10-21-18)19-12-14-7-9-17-15(11-14)8-6-13(2)20-17/h4-11,16,19H,3,12H2,1-2H3. The van der Waals surface area contributed by atoms with E-state index in [0.29, 0.717) is 6.04 Å². The molecule has 0 aliphatic rings. The first-order valence-corrected chi connectivity index (χ1v) is 8.27. The summed E-state index contributed by atoms with van der Waals surface area (Å²) in [7, 11) is 0. The molecule has 108 valence electrons. The number of aromatic nitrogens is 1. The highest BCUT2D eigenvalue weighted by Crippen LogP contribution is 2.22. The van der Waals surface area contributed by atoms with Crippen LogP contribution in [0.5, 0.6) is 0 Å². The second kappa shape index (κ2) is 6.37. The Hall–Kier alpha value is -1.71. The van der Waals surface area contributed by atoms with E-state index in [1.165, 1.54) is 15.8 Å². The minimum absolute atomic E-state index is 0.442. The van der Waals surface area contributed by atoms with Crippen molar-refractivity contribution in [2.75, 3.05) is 0 Å². The van der Waals surface area contributed by atoms with Crippen LogP contribution in [0, 0.1) is 6.92 Å². The highest BCUT2D eigenvalue weighted by Gasteiger charge is 2.09. The van der Waals surface area contributed by atoms with Gasteiger partial charge in [-0.3, -0.25) is 4.98 Å². The van der Waals surface area contributed by atoms with Crippen LogP contribution >= 0.6 is 11.3 Å². The van der Waals surface area contributed by atoms with Crippen LogP contribution in [0.15, 0.2) is 47.8 Å². The monoisotopic (exact) mass is 296 g/mol. The maximum absolute atomic E-state index is 4.55. The molecule has 2 nitrogen and oxygen atoms in total. The van der Waals surface area contributed by atoms with E-state index < -0.39 is 0 Å². The van der Waals surface area contributed by atoms with Gasteiger partial charge < -0.3 is 5.32 Å². The van der Waals surface area contributed by atoms with Crippen LogP contribution in [-0.2, 0) is 6.54 Å². The van der Waals surface area contributed by atoms with E-state index in [1.54, 1.807) is 0 Å². The van der Waals surface area contributed by atoms with Crippen LogP contribution in [0.2, 0.25) is 0 Å². The summed E-state index contributed by atoms with van der Waals surface area (Å²) in [6.45, 7) is 5.15. The third-order valence-electron chi connectivity index (χ3n) is 3.74. The maximum Gasteiger partial charge on any atom is 0.0705 e. The molecule has 3 heteroatoms. The molecule has 0 amide bonds. The van der Waals surface area contributed by atoms with Crippen LogP contribution < -0.4 is 5.32 Å². The van der Waals surface area contributed by atoms with Gasteiger partial charge in [0.25, 0.3) is 0 Å². The van der Waals surface area contributed by atoms with E-state index in [0.717, 1.165) is 24.2 Å². The molecule has 0 radical (unpaired) electrons. The first-order valence-electron chi connectivity index (χ1n) is 7.39. The van der Waals surface area contributed by atoms with E-state index in [4.69, 9.17) is 0 Å². The first kappa shape index (κ1) is 14.2. The topological polar surface area (TPSA) is 24.9 Å². The Bertz CT molecular complexity index is 719. The predicted molar refractivity (Wildman–Crippen MR) is 90.7 cm³/mol. The zero-order chi connectivity index (χ0) is 14.7. The molecule has 0 bridgehead atoms. The van der Waals surface area contributed by atoms with Crippen molar-refractivity contribution < 1.29 is 0 Å². The Kier molecular flexibility index (Phi) is 4.32. The zero-order valence-corrected chi connectivity index (χ0v) is 13.3. The number of pyridine rings is 1. The number of rotatable bonds is 5. The van der Waals surface area contributed by atoms with Gasteiger partial charge in [-0.05, 0) is 48.6 Å². The van der Waals surface area contributed by atoms with E-state index in [1.807, 2.05) is 18.3 Å². The highest BCUT2D eigenvalue weighted by atomic mass is 32.1. The quantitative estimate of drug-likeness (QED) is 0.728. The fourth-order valence-electron chi connectivity index (χ4n) is 2.56. The normalized spacial score (nSPS) is 12.7. The van der Waals surface area contributed by atoms with Gasteiger partial charge in [-0.15, -0.1) is 11.3 Å². The van der Waals surface area contributed by atoms with Gasteiger partial charge in [0.1, 0.15) is 0 Å². The van der Waals surface area contributed by atoms with Crippen molar-refractivity contribution in [2.24, 2.45) is 0 Å². The lowest BCUT2D eigenvalue weighted by Crippen LogP contribution is -2.19. The third kappa shape index (κ3) is 3.31. The molecule has 0 saturated heterocycles. The molecule has 3 rings (SSSR count). The summed E-state index contributed by atoms with van der Waals surface area (Å²) in [5, 5.41) is 7.01. The van der Waals surface area contributed by atoms with Gasteiger partial charge in [0.15, 0.2) is 0 Å². The summed E-state index contributed by atoms with van der Waals surface area (Å²) >= 11 is 1.82. The minimum Gasteiger partial charge on any atom is -0.305 e. The summed E-state index contributed by atoms with van der Waals surface area (Å²) in [6, 6.07) is 15.5. The van der Waals surface area contributed by atoms with Crippen LogP contribution in [0.4, 0.5) is 0 Å². The zero-order valence-electron chi connectivity index (χ0n) is 12.5. The van der Waals surface area contributed by atoms with Gasteiger partial charge in [-0.2, -0.15) is 0 Å². The Morgan fingerprint density at radius 3 is 2.86 bits per heavy atom. The fourth-order valence-corrected chi connectivity index (χ4v) is 3.45. The summed E-state index contributed by atoms with van der Waals surface area (Å²) in [6.07, 6.45) is 1.11. The lowest BCUT2D eigenvalue weighted by molar-refractivity contribution is 0.527. The second-order valence-corrected chi connectivity index (χ2v) is 6.32. The van der Waals surface area contributed by atoms with Crippen LogP contribution in [-0.4, -0.2) is 4.98 Å². The fraction of sp³-hybridized carbons (Fsp3) is 0.278. The molecule has 0 fully saturated rings. The Balaban J connectivity index is 1.74. The molecule has 3 aromatic rings. The van der Waals surface area contributed by atoms with Crippen molar-refractivity contribution in [3.63, 3.8) is 0 Å². The molecule has 1 atom stereocenters. The molecule has 0 aliphatic carbocycles. The summed E-state index contributed by atoms with van der Waals surface area (Å²) in [4.78, 5) is 5.96. The number of nitrogens with one attached hydrogen (secondary N) is 1. The number of hydrogen-bond donors (Lipinski definition) is 1. The Morgan fingerprint density at radius 1 is 1.19 bits per heavy atom. The van der Waals surface area contributed by atoms with Crippen LogP contribution in [0.3, 0.4) is 0 Å². The van der Waals surface area contributed by atoms with E-state index >= 15 is 0 Å². The lowest BCUT2D eigenvalue weighted by Gasteiger charge is -2.15. The first-order chi connectivity index (χ1) is 10.3. The van der Waals surface area contributed by atoms with Gasteiger partial charge in [0, 0.05) is 28.5 Å². The van der Waals surface area contributed by atoms with Gasteiger partial charge in [-0.25, -0.2) is 0 Å². The third-order valence-corrected chi connectivity index (χ3v) is 4.73. The largest absolute Gasteiger partial charge is 0.305 e. The number of hydrogen-bond acceptors (Lipinski definition) is 3. The number of aryl methyl sites for hydroxylation is 1. The molecule has 0 saturated carbocycles. The highest BCUT2D eigenvalue weighted by molar-refractivity contribution is 7.10. The van der Waals surface area contributed by atoms with Crippen LogP contribution in [0.1, 0.15) is 35.5 Å². The molecule has 1 unspecified atom stereocenters. The maximum atomic E-state index is 4.55. The van der Waals surface area contributed by atoms with E-state index in [2.05, 4.69) is 65.1 Å². The predicted octanol–water partition coefficient (Wildman–Crippen LogP) is 4.85. The average molecular weight is 296 g/mol. The van der Waals surface area contributed by atoms with E-state index in [-0.39, 0.29) is 0 Å². The molecule has 2 heterocycles. The van der Waals surface area contributed by atoms with Crippen LogP contribution in [0.25, 0.3) is 10.9 Å². The number of nitrogens with zero attached hydrogens (tertiary/aromatic N) is 1. The van der Waals surface area contributed by atoms with Crippen molar-refractivity contribution >= 4 is 22.2 Å². The minimum atomic E-state index is 0.442. The van der Waals surface area contributed by atoms with E-state index in [9.17, 15) is 0 Å². The van der Waals surface area contributed by atoms with Gasteiger partial charge in [-0.1, -0.05) is 25.1 Å². The smallest absolute Gasteiger partial charge is 0.0705 e. The summed E-state index contributed by atoms with van der Waals surface area (Å²) in [5.74, 6) is 0. The van der Waals surface area contributed by atoms with Crippen molar-refractivity contribution in [1.82, 2.24) is 10.3 Å². The number of thiophene rings is 1. The number of benzene rings is 1. The Morgan fingerprint density at radius 2 is 2.10 bits per heavy atom. The van der Waals surface area contributed by atoms with Crippen molar-refractivity contribution in [1.29, 1.82) is 0 Å². The molecule has 0 spiro atoms. The molecule has 1 N–H and O–H groups in total.